The highest BCUT2D eigenvalue weighted by atomic mass is 16.5. The molecule has 3 heterocycles. The van der Waals surface area contributed by atoms with Gasteiger partial charge in [-0.25, -0.2) is 24.5 Å². The molecule has 0 spiro atoms. The van der Waals surface area contributed by atoms with Crippen molar-refractivity contribution in [2.45, 2.75) is 97.2 Å². The quantitative estimate of drug-likeness (QED) is 0.118. The van der Waals surface area contributed by atoms with Gasteiger partial charge in [-0.1, -0.05) is 64.1 Å². The zero-order valence-corrected chi connectivity index (χ0v) is 44.9. The Morgan fingerprint density at radius 3 is 1.69 bits per heavy atom. The van der Waals surface area contributed by atoms with Crippen molar-refractivity contribution < 1.29 is 57.4 Å². The number of para-hydroxylation sites is 4. The van der Waals surface area contributed by atoms with E-state index in [1.54, 1.807) is 95.3 Å². The first-order chi connectivity index (χ1) is 36.4. The second-order valence-electron chi connectivity index (χ2n) is 19.3. The smallest absolute Gasteiger partial charge is 0.329 e. The van der Waals surface area contributed by atoms with E-state index in [0.717, 1.165) is 19.6 Å². The number of anilines is 1. The number of fused-ring (bicyclic) bond motifs is 2. The fourth-order valence-electron chi connectivity index (χ4n) is 8.48. The second-order valence-corrected chi connectivity index (χ2v) is 19.3. The predicted molar refractivity (Wildman–Crippen MR) is 280 cm³/mol. The van der Waals surface area contributed by atoms with Crippen LogP contribution in [0.4, 0.5) is 5.82 Å². The highest BCUT2D eigenvalue weighted by Crippen LogP contribution is 2.20. The number of nitrogen functional groups attached to an aromatic ring is 1. The molecule has 2 aromatic heterocycles. The summed E-state index contributed by atoms with van der Waals surface area (Å²) in [6.45, 7) is 8.58. The molecule has 0 radical (unpaired) electrons. The fourth-order valence-corrected chi connectivity index (χ4v) is 8.48. The van der Waals surface area contributed by atoms with Crippen molar-refractivity contribution in [2.75, 3.05) is 53.7 Å². The maximum atomic E-state index is 14.6. The molecule has 0 saturated carbocycles. The molecule has 0 aliphatic carbocycles. The van der Waals surface area contributed by atoms with Gasteiger partial charge >= 0.3 is 11.9 Å². The number of cyclic esters (lactones) is 2. The summed E-state index contributed by atoms with van der Waals surface area (Å²) in [7, 11) is 5.23. The molecule has 6 N–H and O–H groups in total. The Labute approximate surface area is 445 Å². The summed E-state index contributed by atoms with van der Waals surface area (Å²) in [5.74, 6) is -10.5. The number of carbonyl (C=O) groups is 10. The van der Waals surface area contributed by atoms with Crippen molar-refractivity contribution in [3.05, 3.63) is 78.3 Å². The normalized spacial score (nSPS) is 22.8. The lowest BCUT2D eigenvalue weighted by molar-refractivity contribution is -0.160. The Bertz CT molecular complexity index is 2930. The summed E-state index contributed by atoms with van der Waals surface area (Å²) in [6, 6.07) is 3.22. The number of esters is 2. The van der Waals surface area contributed by atoms with Crippen LogP contribution in [0.15, 0.2) is 66.9 Å². The van der Waals surface area contributed by atoms with E-state index in [2.05, 4.69) is 41.2 Å². The van der Waals surface area contributed by atoms with Crippen molar-refractivity contribution in [1.29, 1.82) is 0 Å². The third kappa shape index (κ3) is 14.6. The van der Waals surface area contributed by atoms with Crippen LogP contribution in [-0.4, -0.2) is 189 Å². The number of aromatic nitrogens is 4. The molecule has 1 aliphatic heterocycles. The van der Waals surface area contributed by atoms with E-state index in [1.807, 2.05) is 0 Å². The lowest BCUT2D eigenvalue weighted by Gasteiger charge is -2.36. The lowest BCUT2D eigenvalue weighted by Crippen LogP contribution is -2.59. The van der Waals surface area contributed by atoms with E-state index >= 15 is 0 Å². The first kappa shape index (κ1) is 59.2. The van der Waals surface area contributed by atoms with Gasteiger partial charge in [-0.05, 0) is 63.3 Å². The van der Waals surface area contributed by atoms with Gasteiger partial charge in [0.1, 0.15) is 61.2 Å². The lowest BCUT2D eigenvalue weighted by atomic mass is 10.0. The largest absolute Gasteiger partial charge is 0.461 e. The topological polar surface area (TPSA) is 328 Å². The Hall–Kier alpha value is -8.64. The van der Waals surface area contributed by atoms with Crippen LogP contribution < -0.4 is 27.0 Å². The summed E-state index contributed by atoms with van der Waals surface area (Å²) in [4.78, 5) is 162. The molecule has 8 amide bonds. The van der Waals surface area contributed by atoms with Gasteiger partial charge < -0.3 is 56.1 Å². The molecule has 25 nitrogen and oxygen atoms in total. The minimum absolute atomic E-state index is 0.0565. The van der Waals surface area contributed by atoms with Crippen LogP contribution in [0.2, 0.25) is 0 Å². The summed E-state index contributed by atoms with van der Waals surface area (Å²) in [6.07, 6.45) is 4.41. The molecule has 412 valence electrons. The second kappa shape index (κ2) is 26.2. The molecule has 1 unspecified atom stereocenters. The number of carbonyl (C=O) groups excluding carboxylic acids is 10. The molecule has 1 fully saturated rings. The molecule has 77 heavy (non-hydrogen) atoms. The minimum Gasteiger partial charge on any atom is -0.461 e. The number of rotatable bonds is 8. The summed E-state index contributed by atoms with van der Waals surface area (Å²) < 4.78 is 11.4. The van der Waals surface area contributed by atoms with Crippen LogP contribution in [-0.2, 0) is 47.8 Å². The third-order valence-corrected chi connectivity index (χ3v) is 12.7. The Morgan fingerprint density at radius 2 is 1.16 bits per heavy atom. The van der Waals surface area contributed by atoms with Gasteiger partial charge in [0.05, 0.1) is 34.8 Å². The van der Waals surface area contributed by atoms with Gasteiger partial charge in [0.25, 0.3) is 11.8 Å². The Balaban J connectivity index is 1.52. The van der Waals surface area contributed by atoms with Gasteiger partial charge in [0.2, 0.25) is 35.4 Å². The predicted octanol–water partition coefficient (Wildman–Crippen LogP) is 0.379. The number of nitrogens with zero attached hydrogens (tertiary/aromatic N) is 8. The maximum absolute atomic E-state index is 14.6. The van der Waals surface area contributed by atoms with Crippen LogP contribution >= 0.6 is 0 Å². The van der Waals surface area contributed by atoms with Crippen molar-refractivity contribution in [2.24, 2.45) is 11.8 Å². The van der Waals surface area contributed by atoms with Crippen LogP contribution in [0.3, 0.4) is 0 Å². The van der Waals surface area contributed by atoms with Crippen LogP contribution in [0.25, 0.3) is 22.1 Å². The minimum atomic E-state index is -1.72. The zero-order valence-electron chi connectivity index (χ0n) is 44.9. The van der Waals surface area contributed by atoms with E-state index in [4.69, 9.17) is 15.2 Å². The first-order valence-electron chi connectivity index (χ1n) is 24.8. The molecule has 1 saturated heterocycles. The number of hydrogen-bond donors (Lipinski definition) is 5. The SMILES string of the molecule is C/C=C\CC1C(=O)N(C)[C@@H](C(C)C)C(=O)OC[C@@H](NC(=O)c2nc3ccccc3nc2N)C(=O)N[C@@H](C)C(=O)N(C)CC(=O)N(C)[C@@H](C(C)C)C(=O)OC[C@@H](NC(=O)c2cnc3ccccc3n2)C(=O)N[C@@H](C)C(=O)N1C. The number of ether oxygens (including phenoxy) is 2. The molecular formula is C52H67N13O12. The van der Waals surface area contributed by atoms with Gasteiger partial charge in [0, 0.05) is 28.2 Å². The molecule has 7 atom stereocenters. The number of nitrogens with one attached hydrogen (secondary N) is 4. The molecule has 1 aliphatic rings. The number of hydrogen-bond acceptors (Lipinski definition) is 17. The van der Waals surface area contributed by atoms with Crippen LogP contribution in [0.5, 0.6) is 0 Å². The van der Waals surface area contributed by atoms with Crippen molar-refractivity contribution >= 4 is 87.1 Å². The van der Waals surface area contributed by atoms with Crippen molar-refractivity contribution in [3.63, 3.8) is 0 Å². The van der Waals surface area contributed by atoms with Gasteiger partial charge in [0.15, 0.2) is 11.5 Å². The third-order valence-electron chi connectivity index (χ3n) is 12.7. The monoisotopic (exact) mass is 1070 g/mol. The standard InChI is InChI=1S/C52H67N13O12/c1-12-13-22-38-50(73)65(11)42(28(4)5)52(75)77-26-37(61-47(70)40-43(53)59-34-21-17-16-20-33(34)58-40)46(69)55-29(6)48(71)62(8)24-39(66)64(10)41(27(2)3)51(74)76-25-36(45(68)56-30(7)49(72)63(38)9)60-44(67)35-23-54-31-18-14-15-19-32(31)57-35/h12-21,23,27-30,36-38,41-42H,22,24-26H2,1-11H3,(H2,53,59)(H,55,69)(H,56,68)(H,60,67)(H,61,70)/b13-12-/t29-,30-,36+,37+,38?,41-,42-/m0/s1. The number of likely N-dealkylation sites (N-methyl/N-ethyl adjacent to an activating group) is 4. The summed E-state index contributed by atoms with van der Waals surface area (Å²) in [5.41, 5.74) is 7.12. The maximum Gasteiger partial charge on any atom is 0.329 e. The summed E-state index contributed by atoms with van der Waals surface area (Å²) >= 11 is 0. The molecule has 25 heteroatoms. The number of amides is 8. The number of benzene rings is 2. The molecular weight excluding hydrogens is 999 g/mol. The average Bonchev–Trinajstić information content (AvgIpc) is 3.39. The summed E-state index contributed by atoms with van der Waals surface area (Å²) in [5, 5.41) is 10.0. The van der Waals surface area contributed by atoms with E-state index < -0.39 is 133 Å². The molecule has 4 aromatic rings. The molecule has 2 aromatic carbocycles. The zero-order chi connectivity index (χ0) is 57.0. The van der Waals surface area contributed by atoms with Crippen molar-refractivity contribution in [1.82, 2.24) is 60.8 Å². The van der Waals surface area contributed by atoms with E-state index in [-0.39, 0.29) is 23.6 Å². The van der Waals surface area contributed by atoms with Crippen molar-refractivity contribution in [3.8, 4) is 0 Å². The highest BCUT2D eigenvalue weighted by molar-refractivity contribution is 6.02. The van der Waals surface area contributed by atoms with Gasteiger partial charge in [-0.2, -0.15) is 0 Å². The molecule has 0 bridgehead atoms. The van der Waals surface area contributed by atoms with E-state index in [1.165, 1.54) is 48.2 Å². The average molecular weight is 1070 g/mol. The van der Waals surface area contributed by atoms with Crippen LogP contribution in [0, 0.1) is 11.8 Å². The Kier molecular flexibility index (Phi) is 20.2. The number of allylic oxidation sites excluding steroid dienone is 1. The molecule has 5 rings (SSSR count). The fraction of sp³-hybridized carbons (Fsp3) is 0.462. The van der Waals surface area contributed by atoms with E-state index in [9.17, 15) is 47.9 Å². The highest BCUT2D eigenvalue weighted by Gasteiger charge is 2.40. The van der Waals surface area contributed by atoms with Crippen LogP contribution in [0.1, 0.15) is 75.9 Å². The number of nitrogens with two attached hydrogens (primary N) is 1. The van der Waals surface area contributed by atoms with Gasteiger partial charge in [-0.15, -0.1) is 0 Å². The van der Waals surface area contributed by atoms with E-state index in [0.29, 0.717) is 22.1 Å². The first-order valence-corrected chi connectivity index (χ1v) is 24.8. The van der Waals surface area contributed by atoms with Gasteiger partial charge in [-0.3, -0.25) is 43.3 Å². The Morgan fingerprint density at radius 1 is 0.675 bits per heavy atom.